The molecule has 0 bridgehead atoms. The van der Waals surface area contributed by atoms with Gasteiger partial charge < -0.3 is 5.32 Å². The van der Waals surface area contributed by atoms with Crippen LogP contribution in [0.3, 0.4) is 0 Å². The Kier molecular flexibility index (Phi) is 3.74. The molecule has 0 spiro atoms. The minimum Gasteiger partial charge on any atom is -0.315 e. The number of alkyl halides is 3. The molecule has 16 heavy (non-hydrogen) atoms. The van der Waals surface area contributed by atoms with Crippen LogP contribution in [-0.2, 0) is 0 Å². The smallest absolute Gasteiger partial charge is 0.315 e. The lowest BCUT2D eigenvalue weighted by Crippen LogP contribution is -2.45. The van der Waals surface area contributed by atoms with Gasteiger partial charge in [-0.05, 0) is 44.8 Å². The Hall–Kier alpha value is -0.290. The first kappa shape index (κ1) is 12.2. The molecule has 0 saturated carbocycles. The number of rotatable bonds is 3. The molecule has 0 aromatic heterocycles. The fourth-order valence-electron chi connectivity index (χ4n) is 2.92. The van der Waals surface area contributed by atoms with Crippen molar-refractivity contribution >= 4 is 0 Å². The highest BCUT2D eigenvalue weighted by atomic mass is 19.4. The summed E-state index contributed by atoms with van der Waals surface area (Å²) >= 11 is 0. The summed E-state index contributed by atoms with van der Waals surface area (Å²) in [4.78, 5) is 2.25. The Morgan fingerprint density at radius 3 is 2.81 bits per heavy atom. The summed E-state index contributed by atoms with van der Waals surface area (Å²) in [6.45, 7) is 3.57. The van der Waals surface area contributed by atoms with Crippen molar-refractivity contribution in [2.75, 3.05) is 26.2 Å². The van der Waals surface area contributed by atoms with E-state index in [1.54, 1.807) is 0 Å². The quantitative estimate of drug-likeness (QED) is 0.806. The van der Waals surface area contributed by atoms with E-state index in [-0.39, 0.29) is 6.42 Å². The maximum Gasteiger partial charge on any atom is 0.389 e. The van der Waals surface area contributed by atoms with E-state index < -0.39 is 12.6 Å². The van der Waals surface area contributed by atoms with Crippen molar-refractivity contribution in [1.29, 1.82) is 0 Å². The van der Waals surface area contributed by atoms with E-state index in [2.05, 4.69) is 10.2 Å². The first-order chi connectivity index (χ1) is 7.56. The van der Waals surface area contributed by atoms with Crippen molar-refractivity contribution in [3.63, 3.8) is 0 Å². The fourth-order valence-corrected chi connectivity index (χ4v) is 2.92. The van der Waals surface area contributed by atoms with Gasteiger partial charge >= 0.3 is 6.18 Å². The third-order valence-corrected chi connectivity index (χ3v) is 3.70. The normalized spacial score (nSPS) is 31.7. The molecule has 0 radical (unpaired) electrons. The van der Waals surface area contributed by atoms with Crippen LogP contribution in [0.4, 0.5) is 13.2 Å². The van der Waals surface area contributed by atoms with Gasteiger partial charge in [-0.3, -0.25) is 4.90 Å². The molecule has 2 nitrogen and oxygen atoms in total. The third kappa shape index (κ3) is 3.10. The highest BCUT2D eigenvalue weighted by Gasteiger charge is 2.35. The van der Waals surface area contributed by atoms with Crippen molar-refractivity contribution in [1.82, 2.24) is 10.2 Å². The van der Waals surface area contributed by atoms with Crippen molar-refractivity contribution in [3.05, 3.63) is 0 Å². The van der Waals surface area contributed by atoms with Gasteiger partial charge in [0.15, 0.2) is 0 Å². The van der Waals surface area contributed by atoms with Crippen LogP contribution in [0.5, 0.6) is 0 Å². The Morgan fingerprint density at radius 2 is 2.06 bits per heavy atom. The zero-order valence-corrected chi connectivity index (χ0v) is 9.39. The molecule has 1 N–H and O–H groups in total. The van der Waals surface area contributed by atoms with Crippen LogP contribution in [-0.4, -0.2) is 43.3 Å². The third-order valence-electron chi connectivity index (χ3n) is 3.70. The van der Waals surface area contributed by atoms with E-state index in [1.807, 2.05) is 0 Å². The van der Waals surface area contributed by atoms with Gasteiger partial charge in [-0.25, -0.2) is 0 Å². The summed E-state index contributed by atoms with van der Waals surface area (Å²) in [6.07, 6.45) is -2.04. The van der Waals surface area contributed by atoms with E-state index in [4.69, 9.17) is 0 Å². The molecule has 5 heteroatoms. The largest absolute Gasteiger partial charge is 0.389 e. The minimum absolute atomic E-state index is 0.243. The average Bonchev–Trinajstić information content (AvgIpc) is 2.64. The molecule has 2 aliphatic heterocycles. The van der Waals surface area contributed by atoms with E-state index in [9.17, 15) is 13.2 Å². The number of hydrogen-bond acceptors (Lipinski definition) is 2. The van der Waals surface area contributed by atoms with Crippen molar-refractivity contribution in [2.45, 2.75) is 37.9 Å². The molecule has 2 fully saturated rings. The first-order valence-electron chi connectivity index (χ1n) is 6.08. The van der Waals surface area contributed by atoms with Crippen LogP contribution in [0.15, 0.2) is 0 Å². The van der Waals surface area contributed by atoms with Gasteiger partial charge in [0, 0.05) is 19.0 Å². The topological polar surface area (TPSA) is 15.3 Å². The lowest BCUT2D eigenvalue weighted by Gasteiger charge is -2.37. The predicted molar refractivity (Wildman–Crippen MR) is 56.2 cm³/mol. The van der Waals surface area contributed by atoms with Crippen LogP contribution in [0.1, 0.15) is 25.7 Å². The van der Waals surface area contributed by atoms with Crippen molar-refractivity contribution < 1.29 is 13.2 Å². The van der Waals surface area contributed by atoms with Crippen molar-refractivity contribution in [2.24, 2.45) is 5.92 Å². The molecule has 2 rings (SSSR count). The summed E-state index contributed by atoms with van der Waals surface area (Å²) in [5.41, 5.74) is 0. The molecule has 0 aromatic carbocycles. The van der Waals surface area contributed by atoms with Crippen LogP contribution < -0.4 is 5.32 Å². The number of fused-ring (bicyclic) bond motifs is 1. The van der Waals surface area contributed by atoms with Crippen LogP contribution >= 0.6 is 0 Å². The van der Waals surface area contributed by atoms with E-state index in [0.29, 0.717) is 18.5 Å². The number of hydrogen-bond donors (Lipinski definition) is 1. The zero-order valence-electron chi connectivity index (χ0n) is 9.39. The van der Waals surface area contributed by atoms with Gasteiger partial charge in [-0.1, -0.05) is 0 Å². The first-order valence-corrected chi connectivity index (χ1v) is 6.08. The molecule has 2 saturated heterocycles. The SMILES string of the molecule is FC(F)(F)CCCN1CCCC2CNCC21. The zero-order chi connectivity index (χ0) is 11.6. The van der Waals surface area contributed by atoms with Gasteiger partial charge in [0.2, 0.25) is 0 Å². The Labute approximate surface area is 94.2 Å². The molecule has 2 unspecified atom stereocenters. The summed E-state index contributed by atoms with van der Waals surface area (Å²) in [7, 11) is 0. The minimum atomic E-state index is -4.00. The number of piperidine rings is 1. The summed E-state index contributed by atoms with van der Waals surface area (Å²) in [5.74, 6) is 0.666. The predicted octanol–water partition coefficient (Wildman–Crippen LogP) is 2.01. The number of nitrogens with one attached hydrogen (secondary N) is 1. The molecular formula is C11H19F3N2. The second-order valence-corrected chi connectivity index (χ2v) is 4.88. The molecule has 0 aromatic rings. The number of halogens is 3. The highest BCUT2D eigenvalue weighted by molar-refractivity contribution is 4.91. The maximum absolute atomic E-state index is 12.0. The van der Waals surface area contributed by atoms with Crippen LogP contribution in [0.25, 0.3) is 0 Å². The Morgan fingerprint density at radius 1 is 1.25 bits per heavy atom. The van der Waals surface area contributed by atoms with E-state index in [0.717, 1.165) is 26.1 Å². The van der Waals surface area contributed by atoms with Gasteiger partial charge in [0.05, 0.1) is 0 Å². The molecule has 0 aliphatic carbocycles. The highest BCUT2D eigenvalue weighted by Crippen LogP contribution is 2.27. The summed E-state index contributed by atoms with van der Waals surface area (Å²) in [6, 6.07) is 0.488. The molecule has 94 valence electrons. The Balaban J connectivity index is 1.76. The van der Waals surface area contributed by atoms with E-state index in [1.165, 1.54) is 6.42 Å². The molecule has 2 aliphatic rings. The van der Waals surface area contributed by atoms with Gasteiger partial charge in [0.1, 0.15) is 0 Å². The van der Waals surface area contributed by atoms with Gasteiger partial charge in [-0.2, -0.15) is 13.2 Å². The molecule has 2 atom stereocenters. The van der Waals surface area contributed by atoms with Crippen molar-refractivity contribution in [3.8, 4) is 0 Å². The molecule has 0 amide bonds. The monoisotopic (exact) mass is 236 g/mol. The van der Waals surface area contributed by atoms with Gasteiger partial charge in [-0.15, -0.1) is 0 Å². The van der Waals surface area contributed by atoms with Gasteiger partial charge in [0.25, 0.3) is 0 Å². The fraction of sp³-hybridized carbons (Fsp3) is 1.00. The standard InChI is InChI=1S/C11H19F3N2/c12-11(13,14)4-2-6-16-5-1-3-9-7-15-8-10(9)16/h9-10,15H,1-8H2. The lowest BCUT2D eigenvalue weighted by atomic mass is 9.92. The maximum atomic E-state index is 12.0. The second-order valence-electron chi connectivity index (χ2n) is 4.88. The second kappa shape index (κ2) is 4.92. The molecular weight excluding hydrogens is 217 g/mol. The lowest BCUT2D eigenvalue weighted by molar-refractivity contribution is -0.136. The average molecular weight is 236 g/mol. The number of nitrogens with zero attached hydrogens (tertiary/aromatic N) is 1. The number of likely N-dealkylation sites (tertiary alicyclic amines) is 1. The molecule has 2 heterocycles. The van der Waals surface area contributed by atoms with Crippen LogP contribution in [0.2, 0.25) is 0 Å². The van der Waals surface area contributed by atoms with Crippen LogP contribution in [0, 0.1) is 5.92 Å². The summed E-state index contributed by atoms with van der Waals surface area (Å²) < 4.78 is 36.1. The van der Waals surface area contributed by atoms with E-state index >= 15 is 0 Å². The Bertz CT molecular complexity index is 230. The summed E-state index contributed by atoms with van der Waals surface area (Å²) in [5, 5.41) is 3.34.